The molecule has 2 nitrogen and oxygen atoms in total. The van der Waals surface area contributed by atoms with E-state index in [1.54, 1.807) is 0 Å². The zero-order valence-corrected chi connectivity index (χ0v) is 15.0. The number of ether oxygens (including phenoxy) is 2. The van der Waals surface area contributed by atoms with Crippen LogP contribution in [0, 0.1) is 5.92 Å². The number of thioether (sulfide) groups is 1. The van der Waals surface area contributed by atoms with Crippen LogP contribution in [0.2, 0.25) is 19.6 Å². The molecule has 1 fully saturated rings. The maximum Gasteiger partial charge on any atom is 0.169 e. The van der Waals surface area contributed by atoms with Gasteiger partial charge in [-0.1, -0.05) is 44.8 Å². The van der Waals surface area contributed by atoms with Crippen molar-refractivity contribution in [2.24, 2.45) is 5.92 Å². The second-order valence-electron chi connectivity index (χ2n) is 6.72. The van der Waals surface area contributed by atoms with Gasteiger partial charge in [0.15, 0.2) is 5.79 Å². The second-order valence-corrected chi connectivity index (χ2v) is 13.7. The molecule has 2 unspecified atom stereocenters. The summed E-state index contributed by atoms with van der Waals surface area (Å²) in [7, 11) is -1.34. The van der Waals surface area contributed by atoms with Gasteiger partial charge in [0, 0.05) is 15.7 Å². The number of hydrogen-bond acceptors (Lipinski definition) is 3. The molecule has 4 heteroatoms. The highest BCUT2D eigenvalue weighted by atomic mass is 32.2. The summed E-state index contributed by atoms with van der Waals surface area (Å²) < 4.78 is 11.8. The third-order valence-electron chi connectivity index (χ3n) is 4.00. The quantitative estimate of drug-likeness (QED) is 0.592. The fraction of sp³-hybridized carbons (Fsp3) is 0.625. The van der Waals surface area contributed by atoms with Crippen molar-refractivity contribution < 1.29 is 9.47 Å². The van der Waals surface area contributed by atoms with Crippen LogP contribution in [0.1, 0.15) is 13.8 Å². The maximum atomic E-state index is 5.90. The van der Waals surface area contributed by atoms with E-state index in [0.29, 0.717) is 10.8 Å². The zero-order valence-electron chi connectivity index (χ0n) is 13.2. The first-order valence-corrected chi connectivity index (χ1v) is 11.8. The Bertz CT molecular complexity index is 424. The van der Waals surface area contributed by atoms with Crippen molar-refractivity contribution in [1.29, 1.82) is 0 Å². The van der Waals surface area contributed by atoms with Crippen molar-refractivity contribution in [2.45, 2.75) is 49.0 Å². The molecule has 0 bridgehead atoms. The number of benzene rings is 1. The Kier molecular flexibility index (Phi) is 5.00. The van der Waals surface area contributed by atoms with E-state index in [0.717, 1.165) is 13.2 Å². The Morgan fingerprint density at radius 3 is 2.15 bits per heavy atom. The van der Waals surface area contributed by atoms with Crippen LogP contribution in [0.15, 0.2) is 35.2 Å². The average molecular weight is 311 g/mol. The van der Waals surface area contributed by atoms with Crippen LogP contribution in [-0.4, -0.2) is 31.9 Å². The first kappa shape index (κ1) is 16.1. The molecule has 2 rings (SSSR count). The molecule has 20 heavy (non-hydrogen) atoms. The van der Waals surface area contributed by atoms with Crippen molar-refractivity contribution in [1.82, 2.24) is 0 Å². The molecule has 1 aliphatic rings. The monoisotopic (exact) mass is 310 g/mol. The summed E-state index contributed by atoms with van der Waals surface area (Å²) in [5.41, 5.74) is 0. The Morgan fingerprint density at radius 1 is 1.10 bits per heavy atom. The highest BCUT2D eigenvalue weighted by Gasteiger charge is 2.45. The molecule has 0 N–H and O–H groups in total. The summed E-state index contributed by atoms with van der Waals surface area (Å²) in [4.78, 5) is 1.90. The molecule has 0 spiro atoms. The third-order valence-corrected chi connectivity index (χ3v) is 9.89. The van der Waals surface area contributed by atoms with Crippen molar-refractivity contribution in [3.8, 4) is 0 Å². The van der Waals surface area contributed by atoms with E-state index in [1.165, 1.54) is 4.90 Å². The summed E-state index contributed by atoms with van der Waals surface area (Å²) in [6, 6.07) is 10.7. The molecular weight excluding hydrogens is 284 g/mol. The van der Waals surface area contributed by atoms with Crippen LogP contribution in [0.4, 0.5) is 0 Å². The van der Waals surface area contributed by atoms with Crippen LogP contribution in [-0.2, 0) is 9.47 Å². The van der Waals surface area contributed by atoms with E-state index in [9.17, 15) is 0 Å². The van der Waals surface area contributed by atoms with Crippen molar-refractivity contribution in [2.75, 3.05) is 13.2 Å². The highest BCUT2D eigenvalue weighted by Crippen LogP contribution is 2.41. The van der Waals surface area contributed by atoms with E-state index in [4.69, 9.17) is 9.47 Å². The molecule has 0 aliphatic carbocycles. The van der Waals surface area contributed by atoms with Gasteiger partial charge < -0.3 is 9.47 Å². The highest BCUT2D eigenvalue weighted by molar-refractivity contribution is 8.01. The normalized spacial score (nSPS) is 21.6. The molecule has 0 radical (unpaired) electrons. The zero-order chi connectivity index (χ0) is 14.8. The van der Waals surface area contributed by atoms with Gasteiger partial charge in [0.1, 0.15) is 0 Å². The lowest BCUT2D eigenvalue weighted by Gasteiger charge is -2.40. The minimum absolute atomic E-state index is 0.377. The lowest BCUT2D eigenvalue weighted by molar-refractivity contribution is -0.173. The fourth-order valence-electron chi connectivity index (χ4n) is 2.74. The fourth-order valence-corrected chi connectivity index (χ4v) is 7.43. The summed E-state index contributed by atoms with van der Waals surface area (Å²) >= 11 is 1.99. The summed E-state index contributed by atoms with van der Waals surface area (Å²) in [6.45, 7) is 13.1. The maximum absolute atomic E-state index is 5.90. The second kappa shape index (κ2) is 6.22. The Labute approximate surface area is 128 Å². The molecule has 1 aromatic carbocycles. The Morgan fingerprint density at radius 2 is 1.65 bits per heavy atom. The van der Waals surface area contributed by atoms with E-state index >= 15 is 0 Å². The molecule has 112 valence electrons. The van der Waals surface area contributed by atoms with Crippen molar-refractivity contribution in [3.05, 3.63) is 30.3 Å². The molecule has 2 atom stereocenters. The van der Waals surface area contributed by atoms with Gasteiger partial charge in [-0.05, 0) is 19.1 Å². The van der Waals surface area contributed by atoms with Gasteiger partial charge in [0.25, 0.3) is 0 Å². The smallest absolute Gasteiger partial charge is 0.169 e. The molecule has 0 aromatic heterocycles. The molecular formula is C16H26O2SSi. The van der Waals surface area contributed by atoms with Gasteiger partial charge >= 0.3 is 0 Å². The van der Waals surface area contributed by atoms with E-state index < -0.39 is 13.9 Å². The first-order chi connectivity index (χ1) is 9.33. The predicted molar refractivity (Wildman–Crippen MR) is 88.9 cm³/mol. The van der Waals surface area contributed by atoms with Gasteiger partial charge in [-0.2, -0.15) is 0 Å². The van der Waals surface area contributed by atoms with Gasteiger partial charge in [-0.3, -0.25) is 0 Å². The van der Waals surface area contributed by atoms with E-state index in [2.05, 4.69) is 63.8 Å². The average Bonchev–Trinajstić information content (AvgIpc) is 2.83. The van der Waals surface area contributed by atoms with Crippen LogP contribution >= 0.6 is 11.8 Å². The minimum Gasteiger partial charge on any atom is -0.348 e. The van der Waals surface area contributed by atoms with E-state index in [1.807, 2.05) is 11.8 Å². The minimum atomic E-state index is -1.34. The molecule has 1 aliphatic heterocycles. The lowest BCUT2D eigenvalue weighted by atomic mass is 10.1. The largest absolute Gasteiger partial charge is 0.348 e. The van der Waals surface area contributed by atoms with E-state index in [-0.39, 0.29) is 0 Å². The number of hydrogen-bond donors (Lipinski definition) is 0. The van der Waals surface area contributed by atoms with Crippen molar-refractivity contribution >= 4 is 19.8 Å². The summed E-state index contributed by atoms with van der Waals surface area (Å²) in [5.74, 6) is -0.0471. The van der Waals surface area contributed by atoms with Crippen LogP contribution < -0.4 is 0 Å². The topological polar surface area (TPSA) is 18.5 Å². The van der Waals surface area contributed by atoms with Crippen LogP contribution in [0.3, 0.4) is 0 Å². The Hall–Kier alpha value is -0.293. The molecule has 1 aromatic rings. The lowest BCUT2D eigenvalue weighted by Crippen LogP contribution is -2.49. The molecule has 0 amide bonds. The Balaban J connectivity index is 2.20. The molecule has 0 saturated carbocycles. The summed E-state index contributed by atoms with van der Waals surface area (Å²) in [5, 5.41) is 0. The van der Waals surface area contributed by atoms with Crippen molar-refractivity contribution in [3.63, 3.8) is 0 Å². The molecule has 1 heterocycles. The SMILES string of the molecule is CC(C(Sc1ccccc1)[Si](C)(C)C)C1(C)OCCO1. The van der Waals surface area contributed by atoms with Crippen LogP contribution in [0.5, 0.6) is 0 Å². The van der Waals surface area contributed by atoms with Gasteiger partial charge in [-0.15, -0.1) is 11.8 Å². The van der Waals surface area contributed by atoms with Gasteiger partial charge in [-0.25, -0.2) is 0 Å². The summed E-state index contributed by atoms with van der Waals surface area (Å²) in [6.07, 6.45) is 0. The van der Waals surface area contributed by atoms with Crippen LogP contribution in [0.25, 0.3) is 0 Å². The predicted octanol–water partition coefficient (Wildman–Crippen LogP) is 4.42. The third kappa shape index (κ3) is 3.67. The van der Waals surface area contributed by atoms with Gasteiger partial charge in [0.2, 0.25) is 0 Å². The standard InChI is InChI=1S/C16H26O2SSi/c1-13(16(2)17-11-12-18-16)15(20(3,4)5)19-14-9-7-6-8-10-14/h6-10,13,15H,11-12H2,1-5H3. The number of rotatable bonds is 5. The first-order valence-electron chi connectivity index (χ1n) is 7.32. The van der Waals surface area contributed by atoms with Gasteiger partial charge in [0.05, 0.1) is 21.3 Å². The molecule has 1 saturated heterocycles.